The number of primary amides is 1. The van der Waals surface area contributed by atoms with Gasteiger partial charge in [-0.1, -0.05) is 18.2 Å². The van der Waals surface area contributed by atoms with Crippen molar-refractivity contribution in [3.05, 3.63) is 53.6 Å². The molecule has 1 saturated heterocycles. The molecule has 0 bridgehead atoms. The van der Waals surface area contributed by atoms with Gasteiger partial charge in [0.25, 0.3) is 0 Å². The van der Waals surface area contributed by atoms with Gasteiger partial charge in [-0.05, 0) is 49.1 Å². The maximum atomic E-state index is 12.5. The Labute approximate surface area is 153 Å². The van der Waals surface area contributed by atoms with Gasteiger partial charge in [0.1, 0.15) is 0 Å². The minimum absolute atomic E-state index is 0.115. The number of nitrogen functional groups attached to an aromatic ring is 1. The third kappa shape index (κ3) is 4.14. The number of benzene rings is 2. The topological polar surface area (TPSA) is 101 Å². The highest BCUT2D eigenvalue weighted by Gasteiger charge is 2.18. The number of nitrogens with one attached hydrogen (secondary N) is 1. The molecule has 0 aromatic heterocycles. The van der Waals surface area contributed by atoms with E-state index < -0.39 is 5.91 Å². The van der Waals surface area contributed by atoms with Crippen molar-refractivity contribution in [2.45, 2.75) is 25.7 Å². The Bertz CT molecular complexity index is 813. The number of amides is 2. The number of hydrogen-bond donors (Lipinski definition) is 3. The summed E-state index contributed by atoms with van der Waals surface area (Å²) < 4.78 is 0. The van der Waals surface area contributed by atoms with E-state index in [1.165, 1.54) is 0 Å². The van der Waals surface area contributed by atoms with E-state index in [4.69, 9.17) is 11.5 Å². The lowest BCUT2D eigenvalue weighted by atomic mass is 10.1. The van der Waals surface area contributed by atoms with Gasteiger partial charge in [0.15, 0.2) is 0 Å². The van der Waals surface area contributed by atoms with Gasteiger partial charge in [-0.15, -0.1) is 0 Å². The van der Waals surface area contributed by atoms with E-state index in [-0.39, 0.29) is 5.91 Å². The molecule has 6 heteroatoms. The maximum absolute atomic E-state index is 12.5. The summed E-state index contributed by atoms with van der Waals surface area (Å²) in [5.74, 6) is -0.624. The van der Waals surface area contributed by atoms with Crippen LogP contribution in [-0.2, 0) is 11.2 Å². The molecule has 1 fully saturated rings. The molecule has 1 aliphatic rings. The lowest BCUT2D eigenvalue weighted by Gasteiger charge is -2.22. The number of carbonyl (C=O) groups is 2. The average molecular weight is 352 g/mol. The zero-order valence-corrected chi connectivity index (χ0v) is 14.7. The number of nitrogens with zero attached hydrogens (tertiary/aromatic N) is 1. The summed E-state index contributed by atoms with van der Waals surface area (Å²) in [7, 11) is 0. The SMILES string of the molecule is NC(=O)c1ccc(N2CCCC2)c(NC(=O)CCc2ccccc2N)c1. The number of nitrogens with two attached hydrogens (primary N) is 2. The van der Waals surface area contributed by atoms with Crippen molar-refractivity contribution in [1.29, 1.82) is 0 Å². The van der Waals surface area contributed by atoms with Gasteiger partial charge >= 0.3 is 0 Å². The number of carbonyl (C=O) groups excluding carboxylic acids is 2. The van der Waals surface area contributed by atoms with Crippen LogP contribution in [0.4, 0.5) is 17.1 Å². The Morgan fingerprint density at radius 3 is 2.50 bits per heavy atom. The third-order valence-electron chi connectivity index (χ3n) is 4.68. The molecule has 136 valence electrons. The van der Waals surface area contributed by atoms with Crippen LogP contribution in [0.1, 0.15) is 35.2 Å². The number of anilines is 3. The van der Waals surface area contributed by atoms with Crippen LogP contribution < -0.4 is 21.7 Å². The normalized spacial score (nSPS) is 13.6. The number of hydrogen-bond acceptors (Lipinski definition) is 4. The summed E-state index contributed by atoms with van der Waals surface area (Å²) in [5, 5.41) is 2.94. The zero-order valence-electron chi connectivity index (χ0n) is 14.7. The fourth-order valence-corrected chi connectivity index (χ4v) is 3.25. The second-order valence-corrected chi connectivity index (χ2v) is 6.54. The van der Waals surface area contributed by atoms with Gasteiger partial charge in [0.2, 0.25) is 11.8 Å². The Balaban J connectivity index is 1.74. The molecule has 6 nitrogen and oxygen atoms in total. The minimum atomic E-state index is -0.509. The summed E-state index contributed by atoms with van der Waals surface area (Å²) in [6.07, 6.45) is 3.12. The molecular formula is C20H24N4O2. The fraction of sp³-hybridized carbons (Fsp3) is 0.300. The van der Waals surface area contributed by atoms with Gasteiger partial charge in [-0.2, -0.15) is 0 Å². The number of para-hydroxylation sites is 1. The van der Waals surface area contributed by atoms with E-state index in [0.717, 1.165) is 37.2 Å². The average Bonchev–Trinajstić information content (AvgIpc) is 3.15. The Morgan fingerprint density at radius 1 is 1.08 bits per heavy atom. The highest BCUT2D eigenvalue weighted by molar-refractivity contribution is 5.99. The van der Waals surface area contributed by atoms with E-state index >= 15 is 0 Å². The molecule has 0 unspecified atom stereocenters. The van der Waals surface area contributed by atoms with Crippen molar-refractivity contribution in [2.75, 3.05) is 29.0 Å². The van der Waals surface area contributed by atoms with Crippen molar-refractivity contribution in [3.8, 4) is 0 Å². The van der Waals surface area contributed by atoms with Crippen LogP contribution in [0, 0.1) is 0 Å². The Morgan fingerprint density at radius 2 is 1.81 bits per heavy atom. The van der Waals surface area contributed by atoms with Crippen molar-refractivity contribution in [3.63, 3.8) is 0 Å². The highest BCUT2D eigenvalue weighted by Crippen LogP contribution is 2.30. The summed E-state index contributed by atoms with van der Waals surface area (Å²) in [6, 6.07) is 12.8. The van der Waals surface area contributed by atoms with Gasteiger partial charge in [-0.25, -0.2) is 0 Å². The first kappa shape index (κ1) is 17.8. The lowest BCUT2D eigenvalue weighted by molar-refractivity contribution is -0.116. The van der Waals surface area contributed by atoms with E-state index in [9.17, 15) is 9.59 Å². The minimum Gasteiger partial charge on any atom is -0.399 e. The Kier molecular flexibility index (Phi) is 5.41. The second kappa shape index (κ2) is 7.91. The maximum Gasteiger partial charge on any atom is 0.248 e. The lowest BCUT2D eigenvalue weighted by Crippen LogP contribution is -2.22. The molecular weight excluding hydrogens is 328 g/mol. The summed E-state index contributed by atoms with van der Waals surface area (Å²) in [4.78, 5) is 26.2. The fourth-order valence-electron chi connectivity index (χ4n) is 3.25. The first-order valence-electron chi connectivity index (χ1n) is 8.86. The largest absolute Gasteiger partial charge is 0.399 e. The predicted octanol–water partition coefficient (Wildman–Crippen LogP) is 2.54. The third-order valence-corrected chi connectivity index (χ3v) is 4.68. The summed E-state index contributed by atoms with van der Waals surface area (Å²) in [6.45, 7) is 1.89. The molecule has 0 atom stereocenters. The molecule has 1 heterocycles. The number of rotatable bonds is 6. The van der Waals surface area contributed by atoms with Gasteiger partial charge in [-0.3, -0.25) is 9.59 Å². The monoisotopic (exact) mass is 352 g/mol. The van der Waals surface area contributed by atoms with Gasteiger partial charge in [0.05, 0.1) is 11.4 Å². The molecule has 0 saturated carbocycles. The molecule has 5 N–H and O–H groups in total. The van der Waals surface area contributed by atoms with Crippen LogP contribution >= 0.6 is 0 Å². The van der Waals surface area contributed by atoms with Crippen molar-refractivity contribution >= 4 is 28.9 Å². The van der Waals surface area contributed by atoms with E-state index in [2.05, 4.69) is 10.2 Å². The first-order valence-corrected chi connectivity index (χ1v) is 8.86. The highest BCUT2D eigenvalue weighted by atomic mass is 16.2. The van der Waals surface area contributed by atoms with Crippen molar-refractivity contribution in [1.82, 2.24) is 0 Å². The predicted molar refractivity (Wildman–Crippen MR) is 104 cm³/mol. The van der Waals surface area contributed by atoms with Crippen LogP contribution in [0.5, 0.6) is 0 Å². The van der Waals surface area contributed by atoms with E-state index in [1.54, 1.807) is 12.1 Å². The summed E-state index contributed by atoms with van der Waals surface area (Å²) in [5.41, 5.74) is 14.9. The quantitative estimate of drug-likeness (QED) is 0.695. The van der Waals surface area contributed by atoms with Gasteiger partial charge in [0, 0.05) is 30.8 Å². The van der Waals surface area contributed by atoms with Crippen LogP contribution in [0.2, 0.25) is 0 Å². The van der Waals surface area contributed by atoms with Crippen molar-refractivity contribution in [2.24, 2.45) is 5.73 Å². The molecule has 1 aliphatic heterocycles. The van der Waals surface area contributed by atoms with Crippen molar-refractivity contribution < 1.29 is 9.59 Å². The molecule has 0 radical (unpaired) electrons. The molecule has 3 rings (SSSR count). The van der Waals surface area contributed by atoms with Crippen LogP contribution in [0.25, 0.3) is 0 Å². The molecule has 26 heavy (non-hydrogen) atoms. The molecule has 2 aromatic rings. The zero-order chi connectivity index (χ0) is 18.5. The van der Waals surface area contributed by atoms with Gasteiger partial charge < -0.3 is 21.7 Å². The summed E-state index contributed by atoms with van der Waals surface area (Å²) >= 11 is 0. The molecule has 2 amide bonds. The van der Waals surface area contributed by atoms with Crippen LogP contribution in [0.15, 0.2) is 42.5 Å². The van der Waals surface area contributed by atoms with E-state index in [0.29, 0.717) is 29.8 Å². The smallest absolute Gasteiger partial charge is 0.248 e. The Hall–Kier alpha value is -3.02. The first-order chi connectivity index (χ1) is 12.5. The standard InChI is InChI=1S/C20H24N4O2/c21-16-6-2-1-5-14(16)8-10-19(25)23-17-13-15(20(22)26)7-9-18(17)24-11-3-4-12-24/h1-2,5-7,9,13H,3-4,8,10-12,21H2,(H2,22,26)(H,23,25). The molecule has 2 aromatic carbocycles. The molecule has 0 spiro atoms. The second-order valence-electron chi connectivity index (χ2n) is 6.54. The van der Waals surface area contributed by atoms with E-state index in [1.807, 2.05) is 30.3 Å². The van der Waals surface area contributed by atoms with Crippen LogP contribution in [0.3, 0.4) is 0 Å². The van der Waals surface area contributed by atoms with Crippen LogP contribution in [-0.4, -0.2) is 24.9 Å². The number of aryl methyl sites for hydroxylation is 1. The molecule has 0 aliphatic carbocycles.